The molecule has 0 aliphatic rings. The first kappa shape index (κ1) is 35.6. The highest BCUT2D eigenvalue weighted by molar-refractivity contribution is 6.36. The molecule has 0 saturated heterocycles. The van der Waals surface area contributed by atoms with Crippen LogP contribution >= 0.6 is 23.2 Å². The van der Waals surface area contributed by atoms with Crippen LogP contribution in [0, 0.1) is 0 Å². The summed E-state index contributed by atoms with van der Waals surface area (Å²) in [7, 11) is 0. The highest BCUT2D eigenvalue weighted by Crippen LogP contribution is 2.30. The van der Waals surface area contributed by atoms with E-state index in [1.54, 1.807) is 24.3 Å². The second kappa shape index (κ2) is 22.0. The van der Waals surface area contributed by atoms with Crippen LogP contribution in [0.15, 0.2) is 41.5 Å². The predicted octanol–water partition coefficient (Wildman–Crippen LogP) is 10.3. The number of carbonyl (C=O) groups is 2. The first-order valence-electron chi connectivity index (χ1n) is 15.7. The number of esters is 1. The van der Waals surface area contributed by atoms with Gasteiger partial charge >= 0.3 is 5.97 Å². The van der Waals surface area contributed by atoms with Gasteiger partial charge < -0.3 is 9.47 Å². The molecule has 0 aliphatic heterocycles. The third-order valence-corrected chi connectivity index (χ3v) is 7.58. The minimum absolute atomic E-state index is 0.101. The van der Waals surface area contributed by atoms with Gasteiger partial charge in [-0.15, -0.1) is 0 Å². The summed E-state index contributed by atoms with van der Waals surface area (Å²) in [5, 5.41) is 4.70. The van der Waals surface area contributed by atoms with Crippen LogP contribution in [-0.2, 0) is 4.79 Å². The van der Waals surface area contributed by atoms with Crippen LogP contribution in [0.3, 0.4) is 0 Å². The van der Waals surface area contributed by atoms with Gasteiger partial charge in [-0.2, -0.15) is 5.10 Å². The molecule has 2 aromatic rings. The minimum atomic E-state index is -0.620. The van der Waals surface area contributed by atoms with Crippen molar-refractivity contribution < 1.29 is 19.1 Å². The summed E-state index contributed by atoms with van der Waals surface area (Å²) in [6.45, 7) is 4.48. The number of carbonyl (C=O) groups excluding carboxylic acids is 2. The van der Waals surface area contributed by atoms with Crippen molar-refractivity contribution in [1.82, 2.24) is 5.43 Å². The summed E-state index contributed by atoms with van der Waals surface area (Å²) < 4.78 is 11.2. The van der Waals surface area contributed by atoms with Crippen molar-refractivity contribution >= 4 is 41.3 Å². The highest BCUT2D eigenvalue weighted by atomic mass is 35.5. The van der Waals surface area contributed by atoms with E-state index in [-0.39, 0.29) is 22.2 Å². The summed E-state index contributed by atoms with van der Waals surface area (Å²) in [5.41, 5.74) is 3.48. The number of hydrogen-bond donors (Lipinski definition) is 1. The number of unbranched alkanes of at least 4 members (excludes halogenated alkanes) is 14. The molecule has 42 heavy (non-hydrogen) atoms. The molecule has 0 atom stereocenters. The monoisotopic (exact) mass is 618 g/mol. The van der Waals surface area contributed by atoms with E-state index >= 15 is 0 Å². The summed E-state index contributed by atoms with van der Waals surface area (Å²) in [6, 6.07) is 9.60. The lowest BCUT2D eigenvalue weighted by Gasteiger charge is -2.12. The Morgan fingerprint density at radius 1 is 0.762 bits per heavy atom. The molecule has 232 valence electrons. The van der Waals surface area contributed by atoms with Gasteiger partial charge in [0.2, 0.25) is 5.91 Å². The molecule has 6 nitrogen and oxygen atoms in total. The highest BCUT2D eigenvalue weighted by Gasteiger charge is 2.16. The molecule has 0 saturated carbocycles. The Kier molecular flexibility index (Phi) is 18.7. The van der Waals surface area contributed by atoms with E-state index in [0.717, 1.165) is 12.8 Å². The van der Waals surface area contributed by atoms with Crippen LogP contribution in [0.2, 0.25) is 10.0 Å². The van der Waals surface area contributed by atoms with Gasteiger partial charge in [0.1, 0.15) is 0 Å². The van der Waals surface area contributed by atoms with Gasteiger partial charge in [-0.25, -0.2) is 10.2 Å². The molecule has 0 radical (unpaired) electrons. The molecule has 0 aliphatic carbocycles. The smallest absolute Gasteiger partial charge is 0.345 e. The number of ether oxygens (including phenoxy) is 2. The maximum Gasteiger partial charge on any atom is 0.345 e. The molecule has 2 aromatic carbocycles. The fourth-order valence-corrected chi connectivity index (χ4v) is 5.14. The normalized spacial score (nSPS) is 11.1. The topological polar surface area (TPSA) is 77.0 Å². The van der Waals surface area contributed by atoms with Gasteiger partial charge in [0, 0.05) is 11.4 Å². The number of halogens is 2. The standard InChI is InChI=1S/C34H48Cl2N2O4/c1-3-5-6-7-8-9-10-11-12-13-14-15-16-17-18-19-33(39)38-37-26-27-20-23-31(32(24-27)41-4-2)42-34(40)29-22-21-28(35)25-30(29)36/h20-26H,3-19H2,1-2H3,(H,38,39). The number of benzene rings is 2. The maximum absolute atomic E-state index is 12.6. The van der Waals surface area contributed by atoms with E-state index in [9.17, 15) is 9.59 Å². The summed E-state index contributed by atoms with van der Waals surface area (Å²) in [6.07, 6.45) is 21.4. The minimum Gasteiger partial charge on any atom is -0.490 e. The maximum atomic E-state index is 12.6. The van der Waals surface area contributed by atoms with Crippen LogP contribution in [-0.4, -0.2) is 24.7 Å². The van der Waals surface area contributed by atoms with Crippen LogP contribution < -0.4 is 14.9 Å². The van der Waals surface area contributed by atoms with Crippen molar-refractivity contribution in [3.8, 4) is 11.5 Å². The summed E-state index contributed by atoms with van der Waals surface area (Å²) >= 11 is 12.0. The fourth-order valence-electron chi connectivity index (χ4n) is 4.66. The van der Waals surface area contributed by atoms with Crippen LogP contribution in [0.4, 0.5) is 0 Å². The molecule has 1 N–H and O–H groups in total. The quantitative estimate of drug-likeness (QED) is 0.0468. The molecule has 8 heteroatoms. The van der Waals surface area contributed by atoms with Gasteiger partial charge in [0.05, 0.1) is 23.4 Å². The lowest BCUT2D eigenvalue weighted by atomic mass is 10.0. The number of rotatable bonds is 22. The van der Waals surface area contributed by atoms with E-state index in [1.165, 1.54) is 102 Å². The fraction of sp³-hybridized carbons (Fsp3) is 0.559. The van der Waals surface area contributed by atoms with Crippen molar-refractivity contribution in [2.75, 3.05) is 6.61 Å². The molecular weight excluding hydrogens is 571 g/mol. The number of amides is 1. The molecule has 0 unspecified atom stereocenters. The van der Waals surface area contributed by atoms with Crippen LogP contribution in [0.5, 0.6) is 11.5 Å². The zero-order valence-electron chi connectivity index (χ0n) is 25.4. The Balaban J connectivity index is 1.61. The zero-order valence-corrected chi connectivity index (χ0v) is 26.9. The summed E-state index contributed by atoms with van der Waals surface area (Å²) in [5.74, 6) is -0.0901. The average Bonchev–Trinajstić information content (AvgIpc) is 2.96. The molecule has 1 amide bonds. The predicted molar refractivity (Wildman–Crippen MR) is 174 cm³/mol. The molecule has 0 heterocycles. The van der Waals surface area contributed by atoms with Crippen molar-refractivity contribution in [3.63, 3.8) is 0 Å². The van der Waals surface area contributed by atoms with Gasteiger partial charge in [0.25, 0.3) is 0 Å². The molecule has 0 aromatic heterocycles. The Morgan fingerprint density at radius 2 is 1.36 bits per heavy atom. The van der Waals surface area contributed by atoms with Crippen LogP contribution in [0.1, 0.15) is 133 Å². The van der Waals surface area contributed by atoms with E-state index < -0.39 is 5.97 Å². The van der Waals surface area contributed by atoms with Gasteiger partial charge in [-0.3, -0.25) is 4.79 Å². The van der Waals surface area contributed by atoms with Crippen LogP contribution in [0.25, 0.3) is 0 Å². The second-order valence-corrected chi connectivity index (χ2v) is 11.5. The number of hydrazone groups is 1. The Bertz CT molecular complexity index is 1110. The van der Waals surface area contributed by atoms with E-state index in [1.807, 2.05) is 6.92 Å². The van der Waals surface area contributed by atoms with Gasteiger partial charge in [-0.1, -0.05) is 120 Å². The Hall–Kier alpha value is -2.57. The first-order valence-corrected chi connectivity index (χ1v) is 16.5. The molecule has 0 spiro atoms. The van der Waals surface area contributed by atoms with Crippen molar-refractivity contribution in [2.24, 2.45) is 5.10 Å². The largest absolute Gasteiger partial charge is 0.490 e. The van der Waals surface area contributed by atoms with Crippen molar-refractivity contribution in [2.45, 2.75) is 117 Å². The molecule has 2 rings (SSSR count). The Morgan fingerprint density at radius 3 is 1.93 bits per heavy atom. The zero-order chi connectivity index (χ0) is 30.4. The number of nitrogens with one attached hydrogen (secondary N) is 1. The lowest BCUT2D eigenvalue weighted by molar-refractivity contribution is -0.121. The molecular formula is C34H48Cl2N2O4. The first-order chi connectivity index (χ1) is 20.4. The van der Waals surface area contributed by atoms with E-state index in [4.69, 9.17) is 32.7 Å². The van der Waals surface area contributed by atoms with Gasteiger partial charge in [0.15, 0.2) is 11.5 Å². The molecule has 0 bridgehead atoms. The lowest BCUT2D eigenvalue weighted by Crippen LogP contribution is -2.16. The van der Waals surface area contributed by atoms with Crippen molar-refractivity contribution in [1.29, 1.82) is 0 Å². The SMILES string of the molecule is CCCCCCCCCCCCCCCCCC(=O)NN=Cc1ccc(OC(=O)c2ccc(Cl)cc2Cl)c(OCC)c1. The third-order valence-electron chi connectivity index (χ3n) is 7.03. The third kappa shape index (κ3) is 15.1. The number of nitrogens with zero attached hydrogens (tertiary/aromatic N) is 1. The average molecular weight is 620 g/mol. The van der Waals surface area contributed by atoms with Crippen molar-refractivity contribution in [3.05, 3.63) is 57.6 Å². The summed E-state index contributed by atoms with van der Waals surface area (Å²) in [4.78, 5) is 24.8. The second-order valence-electron chi connectivity index (χ2n) is 10.6. The number of hydrogen-bond acceptors (Lipinski definition) is 5. The molecule has 0 fully saturated rings. The van der Waals surface area contributed by atoms with Gasteiger partial charge in [-0.05, 0) is 55.3 Å². The Labute approximate surface area is 262 Å². The van der Waals surface area contributed by atoms with E-state index in [2.05, 4.69) is 17.5 Å². The van der Waals surface area contributed by atoms with E-state index in [0.29, 0.717) is 29.4 Å².